The van der Waals surface area contributed by atoms with Crippen molar-refractivity contribution in [3.05, 3.63) is 21.1 Å². The van der Waals surface area contributed by atoms with Crippen LogP contribution in [0.5, 0.6) is 0 Å². The topological polar surface area (TPSA) is 84.7 Å². The molecule has 1 fully saturated rings. The molecular formula is C12H17Br2N3O3S. The maximum atomic E-state index is 12.4. The van der Waals surface area contributed by atoms with Gasteiger partial charge in [0, 0.05) is 40.8 Å². The Bertz CT molecular complexity index is 581. The highest BCUT2D eigenvalue weighted by molar-refractivity contribution is 9.11. The molecule has 6 nitrogen and oxygen atoms in total. The van der Waals surface area contributed by atoms with Crippen LogP contribution in [-0.2, 0) is 14.8 Å². The van der Waals surface area contributed by atoms with Crippen molar-refractivity contribution in [1.82, 2.24) is 9.62 Å². The van der Waals surface area contributed by atoms with Gasteiger partial charge in [0.25, 0.3) is 0 Å². The summed E-state index contributed by atoms with van der Waals surface area (Å²) in [6.07, 6.45) is 0. The average molecular weight is 443 g/mol. The van der Waals surface area contributed by atoms with Crippen LogP contribution in [0.3, 0.4) is 0 Å². The average Bonchev–Trinajstić information content (AvgIpc) is 2.38. The Balaban J connectivity index is 2.01. The van der Waals surface area contributed by atoms with Gasteiger partial charge in [-0.25, -0.2) is 13.1 Å². The molecule has 1 aromatic rings. The van der Waals surface area contributed by atoms with Crippen molar-refractivity contribution in [3.8, 4) is 0 Å². The molecule has 0 spiro atoms. The first-order valence-electron chi connectivity index (χ1n) is 6.44. The Kier molecular flexibility index (Phi) is 6.04. The number of morpholine rings is 1. The van der Waals surface area contributed by atoms with Gasteiger partial charge < -0.3 is 10.5 Å². The first kappa shape index (κ1) is 17.2. The van der Waals surface area contributed by atoms with Gasteiger partial charge >= 0.3 is 0 Å². The number of benzene rings is 1. The zero-order valence-electron chi connectivity index (χ0n) is 11.3. The van der Waals surface area contributed by atoms with Gasteiger partial charge in [-0.1, -0.05) is 0 Å². The molecule has 0 unspecified atom stereocenters. The number of nitrogens with two attached hydrogens (primary N) is 1. The quantitative estimate of drug-likeness (QED) is 0.673. The maximum Gasteiger partial charge on any atom is 0.242 e. The lowest BCUT2D eigenvalue weighted by atomic mass is 10.3. The highest BCUT2D eigenvalue weighted by Gasteiger charge is 2.22. The lowest BCUT2D eigenvalue weighted by molar-refractivity contribution is 0.0390. The molecule has 0 radical (unpaired) electrons. The summed E-state index contributed by atoms with van der Waals surface area (Å²) in [4.78, 5) is 2.33. The van der Waals surface area contributed by atoms with Gasteiger partial charge in [-0.05, 0) is 44.0 Å². The molecule has 0 bridgehead atoms. The first-order valence-corrected chi connectivity index (χ1v) is 9.51. The van der Waals surface area contributed by atoms with E-state index in [-0.39, 0.29) is 4.90 Å². The van der Waals surface area contributed by atoms with Crippen molar-refractivity contribution in [2.75, 3.05) is 45.1 Å². The third kappa shape index (κ3) is 4.64. The summed E-state index contributed by atoms with van der Waals surface area (Å²) in [5.74, 6) is 0. The summed E-state index contributed by atoms with van der Waals surface area (Å²) in [5.41, 5.74) is 6.16. The Morgan fingerprint density at radius 3 is 2.38 bits per heavy atom. The minimum Gasteiger partial charge on any atom is -0.399 e. The number of nitrogen functional groups attached to an aromatic ring is 1. The van der Waals surface area contributed by atoms with Crippen LogP contribution in [0, 0.1) is 0 Å². The first-order chi connectivity index (χ1) is 9.90. The number of anilines is 1. The fourth-order valence-corrected chi connectivity index (χ4v) is 5.71. The van der Waals surface area contributed by atoms with E-state index in [4.69, 9.17) is 10.5 Å². The second-order valence-electron chi connectivity index (χ2n) is 4.67. The summed E-state index contributed by atoms with van der Waals surface area (Å²) in [7, 11) is -3.60. The summed E-state index contributed by atoms with van der Waals surface area (Å²) in [6, 6.07) is 3.14. The van der Waals surface area contributed by atoms with Crippen molar-refractivity contribution in [2.24, 2.45) is 0 Å². The molecule has 3 N–H and O–H groups in total. The van der Waals surface area contributed by atoms with Crippen molar-refractivity contribution in [1.29, 1.82) is 0 Å². The SMILES string of the molecule is Nc1cc(Br)c(S(=O)(=O)NCCN2CCOCC2)c(Br)c1. The van der Waals surface area contributed by atoms with Gasteiger partial charge in [0.2, 0.25) is 10.0 Å². The summed E-state index contributed by atoms with van der Waals surface area (Å²) >= 11 is 6.49. The van der Waals surface area contributed by atoms with Crippen LogP contribution < -0.4 is 10.5 Å². The maximum absolute atomic E-state index is 12.4. The van der Waals surface area contributed by atoms with Crippen molar-refractivity contribution in [3.63, 3.8) is 0 Å². The highest BCUT2D eigenvalue weighted by atomic mass is 79.9. The van der Waals surface area contributed by atoms with Crippen molar-refractivity contribution >= 4 is 47.6 Å². The largest absolute Gasteiger partial charge is 0.399 e. The zero-order chi connectivity index (χ0) is 15.5. The van der Waals surface area contributed by atoms with E-state index in [2.05, 4.69) is 41.5 Å². The van der Waals surface area contributed by atoms with Crippen LogP contribution >= 0.6 is 31.9 Å². The number of sulfonamides is 1. The zero-order valence-corrected chi connectivity index (χ0v) is 15.3. The van der Waals surface area contributed by atoms with E-state index >= 15 is 0 Å². The lowest BCUT2D eigenvalue weighted by Gasteiger charge is -2.26. The molecule has 9 heteroatoms. The molecule has 21 heavy (non-hydrogen) atoms. The van der Waals surface area contributed by atoms with Crippen molar-refractivity contribution in [2.45, 2.75) is 4.90 Å². The molecule has 1 aromatic carbocycles. The number of halogens is 2. The second-order valence-corrected chi connectivity index (χ2v) is 8.08. The number of nitrogens with one attached hydrogen (secondary N) is 1. The second kappa shape index (κ2) is 7.38. The standard InChI is InChI=1S/C12H17Br2N3O3S/c13-10-7-9(15)8-11(14)12(10)21(18,19)16-1-2-17-3-5-20-6-4-17/h7-8,16H,1-6,15H2. The lowest BCUT2D eigenvalue weighted by Crippen LogP contribution is -2.41. The molecule has 1 aliphatic heterocycles. The Morgan fingerprint density at radius 1 is 1.24 bits per heavy atom. The molecule has 1 aliphatic rings. The molecular weight excluding hydrogens is 426 g/mol. The van der Waals surface area contributed by atoms with Crippen LogP contribution in [0.2, 0.25) is 0 Å². The molecule has 0 aromatic heterocycles. The van der Waals surface area contributed by atoms with E-state index in [1.165, 1.54) is 0 Å². The fourth-order valence-electron chi connectivity index (χ4n) is 2.07. The number of ether oxygens (including phenoxy) is 1. The van der Waals surface area contributed by atoms with Gasteiger partial charge in [0.05, 0.1) is 13.2 Å². The summed E-state index contributed by atoms with van der Waals surface area (Å²) < 4.78 is 33.5. The van der Waals surface area contributed by atoms with Gasteiger partial charge in [-0.3, -0.25) is 4.90 Å². The normalized spacial score (nSPS) is 17.0. The number of hydrogen-bond acceptors (Lipinski definition) is 5. The molecule has 0 amide bonds. The minimum atomic E-state index is -3.60. The van der Waals surface area contributed by atoms with Gasteiger partial charge in [0.1, 0.15) is 4.90 Å². The van der Waals surface area contributed by atoms with Crippen molar-refractivity contribution < 1.29 is 13.2 Å². The van der Waals surface area contributed by atoms with Crippen LogP contribution in [0.4, 0.5) is 5.69 Å². The summed E-state index contributed by atoms with van der Waals surface area (Å²) in [6.45, 7) is 4.07. The number of rotatable bonds is 5. The minimum absolute atomic E-state index is 0.165. The predicted octanol–water partition coefficient (Wildman–Crippen LogP) is 1.40. The monoisotopic (exact) mass is 441 g/mol. The number of nitrogens with zero attached hydrogens (tertiary/aromatic N) is 1. The van der Waals surface area contributed by atoms with E-state index in [0.29, 0.717) is 40.9 Å². The van der Waals surface area contributed by atoms with Gasteiger partial charge in [0.15, 0.2) is 0 Å². The third-order valence-corrected chi connectivity index (χ3v) is 6.45. The van der Waals surface area contributed by atoms with E-state index in [9.17, 15) is 8.42 Å². The van der Waals surface area contributed by atoms with E-state index < -0.39 is 10.0 Å². The molecule has 118 valence electrons. The molecule has 2 rings (SSSR count). The Morgan fingerprint density at radius 2 is 1.81 bits per heavy atom. The third-order valence-electron chi connectivity index (χ3n) is 3.11. The van der Waals surface area contributed by atoms with E-state index in [1.807, 2.05) is 0 Å². The highest BCUT2D eigenvalue weighted by Crippen LogP contribution is 2.32. The molecule has 0 aliphatic carbocycles. The van der Waals surface area contributed by atoms with Crippen LogP contribution in [0.15, 0.2) is 26.0 Å². The van der Waals surface area contributed by atoms with Gasteiger partial charge in [-0.15, -0.1) is 0 Å². The Labute approximate surface area is 141 Å². The number of hydrogen-bond donors (Lipinski definition) is 2. The molecule has 1 heterocycles. The fraction of sp³-hybridized carbons (Fsp3) is 0.500. The Hall–Kier alpha value is -0.190. The van der Waals surface area contributed by atoms with Crippen LogP contribution in [-0.4, -0.2) is 52.7 Å². The van der Waals surface area contributed by atoms with E-state index in [1.54, 1.807) is 12.1 Å². The van der Waals surface area contributed by atoms with E-state index in [0.717, 1.165) is 13.1 Å². The van der Waals surface area contributed by atoms with Gasteiger partial charge in [-0.2, -0.15) is 0 Å². The molecule has 0 atom stereocenters. The predicted molar refractivity (Wildman–Crippen MR) is 88.7 cm³/mol. The summed E-state index contributed by atoms with van der Waals surface area (Å²) in [5, 5.41) is 0. The molecule has 1 saturated heterocycles. The van der Waals surface area contributed by atoms with Crippen LogP contribution in [0.1, 0.15) is 0 Å². The molecule has 0 saturated carbocycles. The smallest absolute Gasteiger partial charge is 0.242 e. The van der Waals surface area contributed by atoms with Crippen LogP contribution in [0.25, 0.3) is 0 Å².